The first-order chi connectivity index (χ1) is 14.2. The molecule has 2 aromatic carbocycles. The second-order valence-corrected chi connectivity index (χ2v) is 6.97. The standard InChI is InChI=1S/C21H18F2N2O5/c1-11(2)17(24-18(26)16-14(22)8-5-9-15(16)23)21(29)30-10-25-19(27)12-6-3-4-7-13(12)20(25)28/h3-9,11,17H,10H2,1-2H3,(H,24,26)/t17-/m1/s1. The third-order valence-corrected chi connectivity index (χ3v) is 4.61. The molecule has 0 bridgehead atoms. The Labute approximate surface area is 170 Å². The number of halogens is 2. The minimum Gasteiger partial charge on any atom is -0.442 e. The monoisotopic (exact) mass is 416 g/mol. The fourth-order valence-corrected chi connectivity index (χ4v) is 3.00. The number of carbonyl (C=O) groups is 4. The number of imide groups is 1. The largest absolute Gasteiger partial charge is 0.442 e. The summed E-state index contributed by atoms with van der Waals surface area (Å²) >= 11 is 0. The van der Waals surface area contributed by atoms with Gasteiger partial charge in [0.05, 0.1) is 11.1 Å². The van der Waals surface area contributed by atoms with Crippen LogP contribution in [-0.2, 0) is 9.53 Å². The van der Waals surface area contributed by atoms with E-state index in [0.29, 0.717) is 0 Å². The zero-order valence-corrected chi connectivity index (χ0v) is 16.1. The molecular weight excluding hydrogens is 398 g/mol. The molecule has 3 rings (SSSR count). The number of hydrogen-bond donors (Lipinski definition) is 1. The summed E-state index contributed by atoms with van der Waals surface area (Å²) in [7, 11) is 0. The first-order valence-electron chi connectivity index (χ1n) is 9.09. The predicted octanol–water partition coefficient (Wildman–Crippen LogP) is 2.52. The number of amides is 3. The van der Waals surface area contributed by atoms with E-state index < -0.39 is 59.6 Å². The fraction of sp³-hybridized carbons (Fsp3) is 0.238. The quantitative estimate of drug-likeness (QED) is 0.577. The van der Waals surface area contributed by atoms with Crippen molar-refractivity contribution in [2.45, 2.75) is 19.9 Å². The number of hydrogen-bond acceptors (Lipinski definition) is 5. The van der Waals surface area contributed by atoms with Crippen molar-refractivity contribution in [2.24, 2.45) is 5.92 Å². The lowest BCUT2D eigenvalue weighted by molar-refractivity contribution is -0.149. The van der Waals surface area contributed by atoms with E-state index in [2.05, 4.69) is 5.32 Å². The Balaban J connectivity index is 1.69. The first kappa shape index (κ1) is 21.1. The Morgan fingerprint density at radius 1 is 0.967 bits per heavy atom. The normalized spacial score (nSPS) is 14.0. The van der Waals surface area contributed by atoms with Gasteiger partial charge in [0, 0.05) is 0 Å². The van der Waals surface area contributed by atoms with Gasteiger partial charge in [0.2, 0.25) is 0 Å². The summed E-state index contributed by atoms with van der Waals surface area (Å²) < 4.78 is 32.7. The summed E-state index contributed by atoms with van der Waals surface area (Å²) in [6.45, 7) is 2.52. The molecule has 0 fully saturated rings. The van der Waals surface area contributed by atoms with Crippen molar-refractivity contribution in [1.82, 2.24) is 10.2 Å². The maximum atomic E-state index is 13.8. The third-order valence-electron chi connectivity index (χ3n) is 4.61. The highest BCUT2D eigenvalue weighted by atomic mass is 19.1. The molecule has 0 unspecified atom stereocenters. The van der Waals surface area contributed by atoms with E-state index in [4.69, 9.17) is 4.74 Å². The van der Waals surface area contributed by atoms with Crippen LogP contribution in [0.4, 0.5) is 8.78 Å². The number of fused-ring (bicyclic) bond motifs is 1. The average Bonchev–Trinajstić information content (AvgIpc) is 2.94. The van der Waals surface area contributed by atoms with Crippen LogP contribution in [0.25, 0.3) is 0 Å². The molecule has 7 nitrogen and oxygen atoms in total. The molecule has 0 saturated carbocycles. The smallest absolute Gasteiger partial charge is 0.330 e. The van der Waals surface area contributed by atoms with Gasteiger partial charge in [-0.3, -0.25) is 14.4 Å². The number of benzene rings is 2. The number of rotatable bonds is 6. The van der Waals surface area contributed by atoms with Gasteiger partial charge in [-0.15, -0.1) is 0 Å². The number of esters is 1. The zero-order valence-electron chi connectivity index (χ0n) is 16.1. The van der Waals surface area contributed by atoms with Crippen molar-refractivity contribution < 1.29 is 32.7 Å². The Morgan fingerprint density at radius 3 is 2.00 bits per heavy atom. The third kappa shape index (κ3) is 3.91. The van der Waals surface area contributed by atoms with Gasteiger partial charge in [0.1, 0.15) is 23.2 Å². The molecule has 0 aliphatic carbocycles. The van der Waals surface area contributed by atoms with Crippen molar-refractivity contribution >= 4 is 23.7 Å². The second kappa shape index (κ2) is 8.40. The predicted molar refractivity (Wildman–Crippen MR) is 100 cm³/mol. The Hall–Kier alpha value is -3.62. The van der Waals surface area contributed by atoms with Gasteiger partial charge in [-0.25, -0.2) is 18.5 Å². The molecule has 0 spiro atoms. The Morgan fingerprint density at radius 2 is 1.50 bits per heavy atom. The highest BCUT2D eigenvalue weighted by molar-refractivity contribution is 6.21. The van der Waals surface area contributed by atoms with E-state index in [0.717, 1.165) is 23.1 Å². The van der Waals surface area contributed by atoms with Gasteiger partial charge in [0.15, 0.2) is 6.73 Å². The molecule has 9 heteroatoms. The van der Waals surface area contributed by atoms with Crippen LogP contribution in [0, 0.1) is 17.6 Å². The summed E-state index contributed by atoms with van der Waals surface area (Å²) in [5.41, 5.74) is -0.430. The van der Waals surface area contributed by atoms with E-state index in [1.54, 1.807) is 26.0 Å². The van der Waals surface area contributed by atoms with Crippen molar-refractivity contribution in [3.8, 4) is 0 Å². The van der Waals surface area contributed by atoms with E-state index in [1.165, 1.54) is 12.1 Å². The van der Waals surface area contributed by atoms with Crippen molar-refractivity contribution in [1.29, 1.82) is 0 Å². The van der Waals surface area contributed by atoms with Gasteiger partial charge in [-0.05, 0) is 30.2 Å². The summed E-state index contributed by atoms with van der Waals surface area (Å²) in [4.78, 5) is 50.2. The molecule has 2 aromatic rings. The zero-order chi connectivity index (χ0) is 22.0. The topological polar surface area (TPSA) is 92.8 Å². The van der Waals surface area contributed by atoms with Crippen molar-refractivity contribution in [3.05, 3.63) is 70.8 Å². The number of carbonyl (C=O) groups excluding carboxylic acids is 4. The summed E-state index contributed by atoms with van der Waals surface area (Å²) in [6.07, 6.45) is 0. The molecular formula is C21H18F2N2O5. The van der Waals surface area contributed by atoms with Crippen LogP contribution in [0.5, 0.6) is 0 Å². The summed E-state index contributed by atoms with van der Waals surface area (Å²) in [5, 5.41) is 2.25. The molecule has 156 valence electrons. The molecule has 1 N–H and O–H groups in total. The summed E-state index contributed by atoms with van der Waals surface area (Å²) in [6, 6.07) is 7.86. The molecule has 0 aromatic heterocycles. The summed E-state index contributed by atoms with van der Waals surface area (Å²) in [5.74, 6) is -5.94. The van der Waals surface area contributed by atoms with Crippen molar-refractivity contribution in [2.75, 3.05) is 6.73 Å². The van der Waals surface area contributed by atoms with Gasteiger partial charge in [0.25, 0.3) is 17.7 Å². The number of nitrogens with zero attached hydrogens (tertiary/aromatic N) is 1. The van der Waals surface area contributed by atoms with Crippen LogP contribution < -0.4 is 5.32 Å². The lowest BCUT2D eigenvalue weighted by atomic mass is 10.0. The van der Waals surface area contributed by atoms with Crippen LogP contribution in [0.2, 0.25) is 0 Å². The minimum atomic E-state index is -1.26. The molecule has 3 amide bonds. The van der Waals surface area contributed by atoms with Gasteiger partial charge >= 0.3 is 5.97 Å². The molecule has 1 atom stereocenters. The van der Waals surface area contributed by atoms with E-state index in [-0.39, 0.29) is 11.1 Å². The SMILES string of the molecule is CC(C)[C@@H](NC(=O)c1c(F)cccc1F)C(=O)OCN1C(=O)c2ccccc2C1=O. The molecule has 1 heterocycles. The molecule has 30 heavy (non-hydrogen) atoms. The average molecular weight is 416 g/mol. The maximum Gasteiger partial charge on any atom is 0.330 e. The highest BCUT2D eigenvalue weighted by Crippen LogP contribution is 2.22. The second-order valence-electron chi connectivity index (χ2n) is 6.97. The van der Waals surface area contributed by atoms with Crippen molar-refractivity contribution in [3.63, 3.8) is 0 Å². The molecule has 0 saturated heterocycles. The first-order valence-corrected chi connectivity index (χ1v) is 9.09. The van der Waals surface area contributed by atoms with E-state index >= 15 is 0 Å². The minimum absolute atomic E-state index is 0.197. The maximum absolute atomic E-state index is 13.8. The fourth-order valence-electron chi connectivity index (χ4n) is 3.00. The van der Waals surface area contributed by atoms with Crippen LogP contribution >= 0.6 is 0 Å². The highest BCUT2D eigenvalue weighted by Gasteiger charge is 2.37. The van der Waals surface area contributed by atoms with Crippen LogP contribution in [-0.4, -0.2) is 41.4 Å². The lowest BCUT2D eigenvalue weighted by Gasteiger charge is -2.22. The van der Waals surface area contributed by atoms with Gasteiger partial charge < -0.3 is 10.1 Å². The molecule has 0 radical (unpaired) electrons. The Bertz CT molecular complexity index is 983. The van der Waals surface area contributed by atoms with E-state index in [1.807, 2.05) is 0 Å². The van der Waals surface area contributed by atoms with Crippen LogP contribution in [0.15, 0.2) is 42.5 Å². The number of ether oxygens (including phenoxy) is 1. The van der Waals surface area contributed by atoms with Gasteiger partial charge in [-0.2, -0.15) is 0 Å². The molecule has 1 aliphatic rings. The number of nitrogens with one attached hydrogen (secondary N) is 1. The Kier molecular flexibility index (Phi) is 5.91. The lowest BCUT2D eigenvalue weighted by Crippen LogP contribution is -2.47. The van der Waals surface area contributed by atoms with Crippen LogP contribution in [0.3, 0.4) is 0 Å². The molecule has 1 aliphatic heterocycles. The van der Waals surface area contributed by atoms with Gasteiger partial charge in [-0.1, -0.05) is 32.0 Å². The van der Waals surface area contributed by atoms with E-state index in [9.17, 15) is 28.0 Å². The van der Waals surface area contributed by atoms with Crippen LogP contribution in [0.1, 0.15) is 44.9 Å².